The molecule has 0 aromatic carbocycles. The third kappa shape index (κ3) is 3.29. The van der Waals surface area contributed by atoms with Gasteiger partial charge in [0, 0.05) is 18.0 Å². The number of aromatic nitrogens is 5. The number of hydrogen-bond donors (Lipinski definition) is 0. The number of aryl methyl sites for hydroxylation is 1. The molecule has 7 heteroatoms. The SMILES string of the molecule is CC(C)c1nc(Cn2cc(CCCCl)nn2)no1. The molecule has 0 radical (unpaired) electrons. The first kappa shape index (κ1) is 13.0. The number of hydrogen-bond acceptors (Lipinski definition) is 5. The molecule has 0 unspecified atom stereocenters. The first-order chi connectivity index (χ1) is 8.69. The minimum Gasteiger partial charge on any atom is -0.339 e. The highest BCUT2D eigenvalue weighted by atomic mass is 35.5. The summed E-state index contributed by atoms with van der Waals surface area (Å²) in [6, 6.07) is 0. The van der Waals surface area contributed by atoms with Crippen LogP contribution < -0.4 is 0 Å². The van der Waals surface area contributed by atoms with Gasteiger partial charge in [-0.3, -0.25) is 0 Å². The molecule has 98 valence electrons. The Balaban J connectivity index is 1.97. The van der Waals surface area contributed by atoms with Gasteiger partial charge in [0.05, 0.1) is 5.69 Å². The van der Waals surface area contributed by atoms with Crippen molar-refractivity contribution in [3.63, 3.8) is 0 Å². The molecule has 2 aromatic rings. The molecule has 0 bridgehead atoms. The molecule has 0 fully saturated rings. The molecular formula is C11H16ClN5O. The normalized spacial score (nSPS) is 11.3. The quantitative estimate of drug-likeness (QED) is 0.750. The second-order valence-corrected chi connectivity index (χ2v) is 4.78. The minimum atomic E-state index is 0.237. The Hall–Kier alpha value is -1.43. The molecule has 0 atom stereocenters. The van der Waals surface area contributed by atoms with E-state index in [9.17, 15) is 0 Å². The van der Waals surface area contributed by atoms with Crippen molar-refractivity contribution in [1.82, 2.24) is 25.1 Å². The molecule has 0 aliphatic heterocycles. The summed E-state index contributed by atoms with van der Waals surface area (Å²) in [5.74, 6) is 2.14. The van der Waals surface area contributed by atoms with Crippen molar-refractivity contribution in [2.75, 3.05) is 5.88 Å². The van der Waals surface area contributed by atoms with Crippen molar-refractivity contribution in [3.05, 3.63) is 23.6 Å². The van der Waals surface area contributed by atoms with Crippen LogP contribution in [0.1, 0.15) is 43.6 Å². The second-order valence-electron chi connectivity index (χ2n) is 4.40. The van der Waals surface area contributed by atoms with Crippen LogP contribution in [0.25, 0.3) is 0 Å². The molecule has 2 rings (SSSR count). The average molecular weight is 270 g/mol. The van der Waals surface area contributed by atoms with E-state index in [0.29, 0.717) is 24.1 Å². The van der Waals surface area contributed by atoms with Crippen LogP contribution in [-0.4, -0.2) is 31.0 Å². The molecule has 0 N–H and O–H groups in total. The maximum Gasteiger partial charge on any atom is 0.229 e. The van der Waals surface area contributed by atoms with Gasteiger partial charge < -0.3 is 4.52 Å². The van der Waals surface area contributed by atoms with Crippen LogP contribution in [0.5, 0.6) is 0 Å². The molecule has 0 amide bonds. The predicted molar refractivity (Wildman–Crippen MR) is 66.6 cm³/mol. The van der Waals surface area contributed by atoms with E-state index < -0.39 is 0 Å². The van der Waals surface area contributed by atoms with Crippen LogP contribution in [0.3, 0.4) is 0 Å². The van der Waals surface area contributed by atoms with E-state index in [1.807, 2.05) is 20.0 Å². The van der Waals surface area contributed by atoms with E-state index in [4.69, 9.17) is 16.1 Å². The van der Waals surface area contributed by atoms with Gasteiger partial charge in [-0.2, -0.15) is 4.98 Å². The van der Waals surface area contributed by atoms with E-state index in [2.05, 4.69) is 20.5 Å². The molecule has 2 heterocycles. The van der Waals surface area contributed by atoms with E-state index in [1.54, 1.807) is 4.68 Å². The molecular weight excluding hydrogens is 254 g/mol. The smallest absolute Gasteiger partial charge is 0.229 e. The van der Waals surface area contributed by atoms with Gasteiger partial charge in [0.1, 0.15) is 6.54 Å². The lowest BCUT2D eigenvalue weighted by atomic mass is 10.2. The summed E-state index contributed by atoms with van der Waals surface area (Å²) in [5, 5.41) is 12.0. The summed E-state index contributed by atoms with van der Waals surface area (Å²) < 4.78 is 6.84. The molecule has 0 aliphatic rings. The lowest BCUT2D eigenvalue weighted by molar-refractivity contribution is 0.359. The maximum atomic E-state index is 5.63. The molecule has 2 aromatic heterocycles. The lowest BCUT2D eigenvalue weighted by Crippen LogP contribution is -2.02. The van der Waals surface area contributed by atoms with Crippen LogP contribution in [0, 0.1) is 0 Å². The molecule has 0 saturated carbocycles. The van der Waals surface area contributed by atoms with Gasteiger partial charge in [-0.1, -0.05) is 24.2 Å². The lowest BCUT2D eigenvalue weighted by Gasteiger charge is -1.94. The van der Waals surface area contributed by atoms with Crippen molar-refractivity contribution in [3.8, 4) is 0 Å². The number of rotatable bonds is 6. The maximum absolute atomic E-state index is 5.63. The molecule has 0 aliphatic carbocycles. The predicted octanol–water partition coefficient (Wildman–Crippen LogP) is 2.00. The molecule has 0 spiro atoms. The Morgan fingerprint density at radius 1 is 1.44 bits per heavy atom. The first-order valence-electron chi connectivity index (χ1n) is 5.96. The van der Waals surface area contributed by atoms with Crippen molar-refractivity contribution >= 4 is 11.6 Å². The van der Waals surface area contributed by atoms with Gasteiger partial charge in [-0.25, -0.2) is 4.68 Å². The zero-order valence-electron chi connectivity index (χ0n) is 10.5. The van der Waals surface area contributed by atoms with Gasteiger partial charge in [0.25, 0.3) is 0 Å². The van der Waals surface area contributed by atoms with E-state index in [-0.39, 0.29) is 5.92 Å². The van der Waals surface area contributed by atoms with Crippen LogP contribution >= 0.6 is 11.6 Å². The van der Waals surface area contributed by atoms with Crippen LogP contribution in [-0.2, 0) is 13.0 Å². The standard InChI is InChI=1S/C11H16ClN5O/c1-8(2)11-13-10(15-18-11)7-17-6-9(14-16-17)4-3-5-12/h6,8H,3-5,7H2,1-2H3. The highest BCUT2D eigenvalue weighted by molar-refractivity contribution is 6.17. The van der Waals surface area contributed by atoms with Crippen LogP contribution in [0.4, 0.5) is 0 Å². The van der Waals surface area contributed by atoms with Crippen molar-refractivity contribution in [2.45, 2.75) is 39.2 Å². The fourth-order valence-electron chi connectivity index (χ4n) is 1.49. The van der Waals surface area contributed by atoms with E-state index in [1.165, 1.54) is 0 Å². The topological polar surface area (TPSA) is 69.6 Å². The van der Waals surface area contributed by atoms with Crippen LogP contribution in [0.15, 0.2) is 10.7 Å². The fraction of sp³-hybridized carbons (Fsp3) is 0.636. The Morgan fingerprint density at radius 3 is 2.94 bits per heavy atom. The highest BCUT2D eigenvalue weighted by Gasteiger charge is 2.11. The number of halogens is 1. The summed E-state index contributed by atoms with van der Waals surface area (Å²) in [6.45, 7) is 4.50. The summed E-state index contributed by atoms with van der Waals surface area (Å²) in [5.41, 5.74) is 0.934. The van der Waals surface area contributed by atoms with Crippen molar-refractivity contribution < 1.29 is 4.52 Å². The Morgan fingerprint density at radius 2 is 2.28 bits per heavy atom. The molecule has 0 saturated heterocycles. The molecule has 6 nitrogen and oxygen atoms in total. The van der Waals surface area contributed by atoms with Gasteiger partial charge in [0.15, 0.2) is 5.82 Å². The zero-order valence-corrected chi connectivity index (χ0v) is 11.3. The highest BCUT2D eigenvalue weighted by Crippen LogP contribution is 2.11. The fourth-order valence-corrected chi connectivity index (χ4v) is 1.62. The average Bonchev–Trinajstić information content (AvgIpc) is 2.96. The van der Waals surface area contributed by atoms with Gasteiger partial charge in [-0.05, 0) is 12.8 Å². The van der Waals surface area contributed by atoms with Gasteiger partial charge in [0.2, 0.25) is 5.89 Å². The second kappa shape index (κ2) is 5.95. The summed E-state index contributed by atoms with van der Waals surface area (Å²) >= 11 is 5.63. The molecule has 18 heavy (non-hydrogen) atoms. The first-order valence-corrected chi connectivity index (χ1v) is 6.50. The Kier molecular flexibility index (Phi) is 4.30. The monoisotopic (exact) mass is 269 g/mol. The third-order valence-corrected chi connectivity index (χ3v) is 2.70. The zero-order chi connectivity index (χ0) is 13.0. The van der Waals surface area contributed by atoms with Crippen molar-refractivity contribution in [1.29, 1.82) is 0 Å². The third-order valence-electron chi connectivity index (χ3n) is 2.43. The van der Waals surface area contributed by atoms with Crippen LogP contribution in [0.2, 0.25) is 0 Å². The summed E-state index contributed by atoms with van der Waals surface area (Å²) in [6.07, 6.45) is 3.63. The Labute approximate surface area is 110 Å². The van der Waals surface area contributed by atoms with Gasteiger partial charge in [-0.15, -0.1) is 16.7 Å². The van der Waals surface area contributed by atoms with Crippen molar-refractivity contribution in [2.24, 2.45) is 0 Å². The number of alkyl halides is 1. The van der Waals surface area contributed by atoms with E-state index >= 15 is 0 Å². The summed E-state index contributed by atoms with van der Waals surface area (Å²) in [4.78, 5) is 4.29. The minimum absolute atomic E-state index is 0.237. The summed E-state index contributed by atoms with van der Waals surface area (Å²) in [7, 11) is 0. The Bertz CT molecular complexity index is 493. The number of nitrogens with zero attached hydrogens (tertiary/aromatic N) is 5. The van der Waals surface area contributed by atoms with Gasteiger partial charge >= 0.3 is 0 Å². The van der Waals surface area contributed by atoms with E-state index in [0.717, 1.165) is 18.5 Å². The largest absolute Gasteiger partial charge is 0.339 e.